The molecule has 1 aliphatic carbocycles. The monoisotopic (exact) mass is 471 g/mol. The summed E-state index contributed by atoms with van der Waals surface area (Å²) in [6.07, 6.45) is 9.12. The average Bonchev–Trinajstić information content (AvgIpc) is 3.68. The van der Waals surface area contributed by atoms with Gasteiger partial charge in [0.25, 0.3) is 0 Å². The van der Waals surface area contributed by atoms with Crippen LogP contribution in [0.15, 0.2) is 47.5 Å². The summed E-state index contributed by atoms with van der Waals surface area (Å²) < 4.78 is 33.0. The van der Waals surface area contributed by atoms with Crippen molar-refractivity contribution in [1.82, 2.24) is 14.6 Å². The maximum atomic E-state index is 12.9. The highest BCUT2D eigenvalue weighted by atomic mass is 32.2. The SMILES string of the molecule is O=C(CCc1ccc(S(=O)(=O)N2CCCCCC2)cc1)NCc1ccc(OCC2CC2)nc1. The van der Waals surface area contributed by atoms with Crippen LogP contribution < -0.4 is 10.1 Å². The number of benzene rings is 1. The van der Waals surface area contributed by atoms with Crippen LogP contribution in [0.25, 0.3) is 0 Å². The quantitative estimate of drug-likeness (QED) is 0.571. The van der Waals surface area contributed by atoms with Crippen molar-refractivity contribution in [3.8, 4) is 5.88 Å². The zero-order chi connectivity index (χ0) is 23.1. The summed E-state index contributed by atoms with van der Waals surface area (Å²) in [6, 6.07) is 10.7. The van der Waals surface area contributed by atoms with Gasteiger partial charge < -0.3 is 10.1 Å². The van der Waals surface area contributed by atoms with Gasteiger partial charge in [-0.2, -0.15) is 4.31 Å². The van der Waals surface area contributed by atoms with E-state index in [0.29, 0.717) is 49.2 Å². The normalized spacial score (nSPS) is 17.3. The van der Waals surface area contributed by atoms with Gasteiger partial charge in [0.05, 0.1) is 11.5 Å². The molecule has 0 unspecified atom stereocenters. The smallest absolute Gasteiger partial charge is 0.243 e. The lowest BCUT2D eigenvalue weighted by molar-refractivity contribution is -0.121. The van der Waals surface area contributed by atoms with Crippen LogP contribution in [0.1, 0.15) is 56.1 Å². The second-order valence-corrected chi connectivity index (χ2v) is 10.9. The summed E-state index contributed by atoms with van der Waals surface area (Å²) >= 11 is 0. The van der Waals surface area contributed by atoms with Crippen LogP contribution in [0.2, 0.25) is 0 Å². The predicted molar refractivity (Wildman–Crippen MR) is 126 cm³/mol. The minimum Gasteiger partial charge on any atom is -0.477 e. The summed E-state index contributed by atoms with van der Waals surface area (Å²) in [5.74, 6) is 1.26. The maximum Gasteiger partial charge on any atom is 0.243 e. The van der Waals surface area contributed by atoms with Gasteiger partial charge in [-0.15, -0.1) is 0 Å². The molecule has 2 aliphatic rings. The van der Waals surface area contributed by atoms with Gasteiger partial charge in [-0.05, 0) is 61.3 Å². The highest BCUT2D eigenvalue weighted by Crippen LogP contribution is 2.29. The van der Waals surface area contributed by atoms with Gasteiger partial charge >= 0.3 is 0 Å². The van der Waals surface area contributed by atoms with Gasteiger partial charge in [-0.25, -0.2) is 13.4 Å². The Morgan fingerprint density at radius 2 is 1.70 bits per heavy atom. The van der Waals surface area contributed by atoms with Crippen LogP contribution in [0, 0.1) is 5.92 Å². The van der Waals surface area contributed by atoms with Gasteiger partial charge in [0.1, 0.15) is 0 Å². The Kier molecular flexibility index (Phi) is 7.98. The van der Waals surface area contributed by atoms with E-state index in [1.54, 1.807) is 22.6 Å². The summed E-state index contributed by atoms with van der Waals surface area (Å²) in [7, 11) is -3.44. The number of pyridine rings is 1. The topological polar surface area (TPSA) is 88.6 Å². The molecule has 0 bridgehead atoms. The first kappa shape index (κ1) is 23.7. The van der Waals surface area contributed by atoms with Crippen LogP contribution in [0.5, 0.6) is 5.88 Å². The summed E-state index contributed by atoms with van der Waals surface area (Å²) in [6.45, 7) is 2.34. The van der Waals surface area contributed by atoms with Gasteiger partial charge in [-0.3, -0.25) is 4.79 Å². The average molecular weight is 472 g/mol. The first-order valence-electron chi connectivity index (χ1n) is 11.9. The van der Waals surface area contributed by atoms with Crippen LogP contribution in [-0.2, 0) is 27.8 Å². The Labute approximate surface area is 196 Å². The first-order chi connectivity index (χ1) is 16.0. The largest absolute Gasteiger partial charge is 0.477 e. The molecular formula is C25H33N3O4S. The van der Waals surface area contributed by atoms with Crippen LogP contribution in [0.4, 0.5) is 0 Å². The molecule has 7 nitrogen and oxygen atoms in total. The highest BCUT2D eigenvalue weighted by molar-refractivity contribution is 7.89. The number of hydrogen-bond donors (Lipinski definition) is 1. The van der Waals surface area contributed by atoms with Gasteiger partial charge in [0.2, 0.25) is 21.8 Å². The fourth-order valence-corrected chi connectivity index (χ4v) is 5.41. The third-order valence-electron chi connectivity index (χ3n) is 6.22. The summed E-state index contributed by atoms with van der Waals surface area (Å²) in [5.41, 5.74) is 1.86. The molecule has 1 aliphatic heterocycles. The van der Waals surface area contributed by atoms with Crippen molar-refractivity contribution in [2.24, 2.45) is 5.92 Å². The molecule has 1 aromatic carbocycles. The van der Waals surface area contributed by atoms with Gasteiger partial charge in [-0.1, -0.05) is 31.0 Å². The molecule has 0 spiro atoms. The van der Waals surface area contributed by atoms with E-state index < -0.39 is 10.0 Å². The molecule has 1 N–H and O–H groups in total. The zero-order valence-corrected chi connectivity index (χ0v) is 19.9. The molecule has 1 aromatic heterocycles. The third-order valence-corrected chi connectivity index (χ3v) is 8.13. The molecular weight excluding hydrogens is 438 g/mol. The minimum absolute atomic E-state index is 0.0506. The highest BCUT2D eigenvalue weighted by Gasteiger charge is 2.25. The van der Waals surface area contributed by atoms with E-state index in [-0.39, 0.29) is 5.91 Å². The Bertz CT molecular complexity index is 1010. The van der Waals surface area contributed by atoms with E-state index in [2.05, 4.69) is 10.3 Å². The van der Waals surface area contributed by atoms with E-state index in [1.807, 2.05) is 24.3 Å². The number of nitrogens with zero attached hydrogens (tertiary/aromatic N) is 2. The standard InChI is InChI=1S/C25H33N3O4S/c29-24(26-17-22-10-14-25(27-18-22)32-19-21-5-6-21)13-9-20-7-11-23(12-8-20)33(30,31)28-15-3-1-2-4-16-28/h7-8,10-12,14,18,21H,1-6,9,13,15-17,19H2,(H,26,29). The lowest BCUT2D eigenvalue weighted by atomic mass is 10.1. The molecule has 2 fully saturated rings. The fourth-order valence-electron chi connectivity index (χ4n) is 3.89. The van der Waals surface area contributed by atoms with Crippen LogP contribution in [0.3, 0.4) is 0 Å². The molecule has 8 heteroatoms. The number of nitrogens with one attached hydrogen (secondary N) is 1. The molecule has 2 heterocycles. The molecule has 1 saturated heterocycles. The second-order valence-electron chi connectivity index (χ2n) is 9.00. The number of aromatic nitrogens is 1. The number of aryl methyl sites for hydroxylation is 1. The Morgan fingerprint density at radius 1 is 1.00 bits per heavy atom. The van der Waals surface area contributed by atoms with Crippen molar-refractivity contribution in [3.63, 3.8) is 0 Å². The van der Waals surface area contributed by atoms with E-state index in [1.165, 1.54) is 12.8 Å². The molecule has 33 heavy (non-hydrogen) atoms. The first-order valence-corrected chi connectivity index (χ1v) is 13.4. The van der Waals surface area contributed by atoms with E-state index in [0.717, 1.165) is 43.4 Å². The number of carbonyl (C=O) groups is 1. The zero-order valence-electron chi connectivity index (χ0n) is 19.0. The molecule has 0 atom stereocenters. The molecule has 2 aromatic rings. The second kappa shape index (κ2) is 11.1. The lowest BCUT2D eigenvalue weighted by Crippen LogP contribution is -2.31. The van der Waals surface area contributed by atoms with Gasteiger partial charge in [0.15, 0.2) is 0 Å². The van der Waals surface area contributed by atoms with Crippen molar-refractivity contribution < 1.29 is 17.9 Å². The van der Waals surface area contributed by atoms with Crippen molar-refractivity contribution in [2.75, 3.05) is 19.7 Å². The fraction of sp³-hybridized carbons (Fsp3) is 0.520. The third kappa shape index (κ3) is 7.01. The number of carbonyl (C=O) groups excluding carboxylic acids is 1. The van der Waals surface area contributed by atoms with E-state index >= 15 is 0 Å². The van der Waals surface area contributed by atoms with Crippen LogP contribution in [-0.4, -0.2) is 43.3 Å². The summed E-state index contributed by atoms with van der Waals surface area (Å²) in [4.78, 5) is 16.9. The molecule has 0 radical (unpaired) electrons. The molecule has 4 rings (SSSR count). The minimum atomic E-state index is -3.44. The number of ether oxygens (including phenoxy) is 1. The van der Waals surface area contributed by atoms with Crippen molar-refractivity contribution >= 4 is 15.9 Å². The predicted octanol–water partition coefficient (Wildman–Crippen LogP) is 3.68. The number of amides is 1. The van der Waals surface area contributed by atoms with E-state index in [4.69, 9.17) is 4.74 Å². The Balaban J connectivity index is 1.21. The lowest BCUT2D eigenvalue weighted by Gasteiger charge is -2.20. The Morgan fingerprint density at radius 3 is 2.33 bits per heavy atom. The van der Waals surface area contributed by atoms with Gasteiger partial charge in [0, 0.05) is 38.3 Å². The van der Waals surface area contributed by atoms with E-state index in [9.17, 15) is 13.2 Å². The maximum absolute atomic E-state index is 12.9. The number of rotatable bonds is 10. The van der Waals surface area contributed by atoms with Crippen molar-refractivity contribution in [3.05, 3.63) is 53.7 Å². The molecule has 178 valence electrons. The number of sulfonamides is 1. The summed E-state index contributed by atoms with van der Waals surface area (Å²) in [5, 5.41) is 2.91. The van der Waals surface area contributed by atoms with Crippen molar-refractivity contribution in [1.29, 1.82) is 0 Å². The van der Waals surface area contributed by atoms with Crippen molar-refractivity contribution in [2.45, 2.75) is 62.8 Å². The molecule has 1 saturated carbocycles. The number of hydrogen-bond acceptors (Lipinski definition) is 5. The Hall–Kier alpha value is -2.45. The van der Waals surface area contributed by atoms with Crippen LogP contribution >= 0.6 is 0 Å². The molecule has 1 amide bonds.